The van der Waals surface area contributed by atoms with Gasteiger partial charge in [0, 0.05) is 43.5 Å². The fraction of sp³-hybridized carbons (Fsp3) is 0.379. The van der Waals surface area contributed by atoms with Crippen molar-refractivity contribution in [2.75, 3.05) is 20.1 Å². The largest absolute Gasteiger partial charge is 0.440 e. The molecule has 40 heavy (non-hydrogen) atoms. The van der Waals surface area contributed by atoms with Gasteiger partial charge in [-0.25, -0.2) is 23.4 Å². The van der Waals surface area contributed by atoms with E-state index in [9.17, 15) is 18.4 Å². The molecule has 0 spiro atoms. The van der Waals surface area contributed by atoms with Crippen molar-refractivity contribution in [2.45, 2.75) is 49.8 Å². The summed E-state index contributed by atoms with van der Waals surface area (Å²) < 4.78 is 36.7. The third kappa shape index (κ3) is 4.64. The maximum absolute atomic E-state index is 14.9. The maximum atomic E-state index is 14.9. The van der Waals surface area contributed by atoms with Crippen molar-refractivity contribution >= 4 is 17.3 Å². The number of rotatable bonds is 4. The predicted octanol–water partition coefficient (Wildman–Crippen LogP) is 4.75. The van der Waals surface area contributed by atoms with Crippen molar-refractivity contribution in [1.82, 2.24) is 29.7 Å². The first-order valence-electron chi connectivity index (χ1n) is 13.5. The number of likely N-dealkylation sites (N-methyl/N-ethyl adjacent to an activating group) is 1. The SMILES string of the molecule is CN[C@@H]1c2cccnc2[C@H](OC(=O)N2CCC(n3c(=O)[nH]c4ncccc43)CC2)CC[C@H]1c1cccc(F)c1F. The molecule has 9 nitrogen and oxygen atoms in total. The molecule has 1 saturated heterocycles. The number of benzene rings is 1. The number of pyridine rings is 2. The molecule has 0 radical (unpaired) electrons. The Bertz CT molecular complexity index is 1600. The molecule has 0 bridgehead atoms. The van der Waals surface area contributed by atoms with E-state index >= 15 is 0 Å². The standard InChI is InChI=1S/C29H30F2N6O3/c1-32-25-19(18-5-2-7-21(30)24(18)31)9-10-23(26-20(25)6-3-13-33-26)40-29(39)36-15-11-17(12-16-36)37-22-8-4-14-34-27(22)35-28(37)38/h2-8,13-14,17,19,23,25,32H,9-12,15-16H2,1H3,(H,34,35,38)/t19-,23+,25-/m0/s1. The van der Waals surface area contributed by atoms with Crippen LogP contribution >= 0.6 is 0 Å². The van der Waals surface area contributed by atoms with Crippen molar-refractivity contribution < 1.29 is 18.3 Å². The second-order valence-corrected chi connectivity index (χ2v) is 10.3. The van der Waals surface area contributed by atoms with Gasteiger partial charge in [-0.05, 0) is 68.1 Å². The molecule has 1 aliphatic heterocycles. The number of imidazole rings is 1. The third-order valence-electron chi connectivity index (χ3n) is 8.17. The first kappa shape index (κ1) is 26.1. The number of H-pyrrole nitrogens is 1. The number of piperidine rings is 1. The summed E-state index contributed by atoms with van der Waals surface area (Å²) in [7, 11) is 1.78. The summed E-state index contributed by atoms with van der Waals surface area (Å²) in [5.41, 5.74) is 2.77. The van der Waals surface area contributed by atoms with Gasteiger partial charge in [-0.3, -0.25) is 14.5 Å². The van der Waals surface area contributed by atoms with Crippen molar-refractivity contribution in [2.24, 2.45) is 0 Å². The highest BCUT2D eigenvalue weighted by atomic mass is 19.2. The summed E-state index contributed by atoms with van der Waals surface area (Å²) in [6.07, 6.45) is 4.25. The van der Waals surface area contributed by atoms with Gasteiger partial charge in [-0.15, -0.1) is 0 Å². The molecule has 11 heteroatoms. The monoisotopic (exact) mass is 548 g/mol. The Labute approximate surface area is 229 Å². The number of hydrogen-bond acceptors (Lipinski definition) is 6. The number of aromatic nitrogens is 4. The number of aromatic amines is 1. The van der Waals surface area contributed by atoms with E-state index in [2.05, 4.69) is 20.3 Å². The molecule has 3 aromatic heterocycles. The van der Waals surface area contributed by atoms with E-state index in [0.717, 1.165) is 17.1 Å². The highest BCUT2D eigenvalue weighted by molar-refractivity contribution is 5.70. The van der Waals surface area contributed by atoms with E-state index in [1.807, 2.05) is 12.1 Å². The lowest BCUT2D eigenvalue weighted by molar-refractivity contribution is 0.0472. The summed E-state index contributed by atoms with van der Waals surface area (Å²) in [4.78, 5) is 39.2. The summed E-state index contributed by atoms with van der Waals surface area (Å²) in [5, 5.41) is 3.25. The van der Waals surface area contributed by atoms with Gasteiger partial charge in [-0.1, -0.05) is 18.2 Å². The van der Waals surface area contributed by atoms with Crippen molar-refractivity contribution in [1.29, 1.82) is 0 Å². The zero-order valence-electron chi connectivity index (χ0n) is 22.0. The number of hydrogen-bond donors (Lipinski definition) is 2. The predicted molar refractivity (Wildman–Crippen MR) is 144 cm³/mol. The minimum atomic E-state index is -0.888. The van der Waals surface area contributed by atoms with E-state index in [-0.39, 0.29) is 29.3 Å². The van der Waals surface area contributed by atoms with Crippen LogP contribution in [-0.4, -0.2) is 50.6 Å². The highest BCUT2D eigenvalue weighted by Crippen LogP contribution is 2.44. The number of nitrogens with zero attached hydrogens (tertiary/aromatic N) is 4. The Kier molecular flexibility index (Phi) is 7.05. The first-order chi connectivity index (χ1) is 19.5. The zero-order chi connectivity index (χ0) is 27.8. The minimum Gasteiger partial charge on any atom is -0.440 e. The number of carbonyl (C=O) groups excluding carboxylic acids is 1. The van der Waals surface area contributed by atoms with E-state index in [0.29, 0.717) is 50.1 Å². The number of nitrogens with one attached hydrogen (secondary N) is 2. The molecular formula is C29H30F2N6O3. The van der Waals surface area contributed by atoms with Crippen LogP contribution < -0.4 is 11.0 Å². The first-order valence-corrected chi connectivity index (χ1v) is 13.5. The smallest absolute Gasteiger partial charge is 0.410 e. The molecule has 1 amide bonds. The summed E-state index contributed by atoms with van der Waals surface area (Å²) in [5.74, 6) is -2.13. The molecule has 2 aliphatic rings. The quantitative estimate of drug-likeness (QED) is 0.357. The Hall–Kier alpha value is -4.12. The molecule has 1 aromatic carbocycles. The van der Waals surface area contributed by atoms with Crippen molar-refractivity contribution in [3.05, 3.63) is 93.8 Å². The molecule has 0 saturated carbocycles. The van der Waals surface area contributed by atoms with Crippen LogP contribution in [0.1, 0.15) is 66.6 Å². The molecule has 1 aliphatic carbocycles. The van der Waals surface area contributed by atoms with Gasteiger partial charge in [-0.2, -0.15) is 0 Å². The molecular weight excluding hydrogens is 518 g/mol. The van der Waals surface area contributed by atoms with Crippen molar-refractivity contribution in [3.8, 4) is 0 Å². The van der Waals surface area contributed by atoms with Gasteiger partial charge < -0.3 is 15.0 Å². The molecule has 1 fully saturated rings. The fourth-order valence-corrected chi connectivity index (χ4v) is 6.25. The van der Waals surface area contributed by atoms with Crippen LogP contribution in [0, 0.1) is 11.6 Å². The third-order valence-corrected chi connectivity index (χ3v) is 8.17. The van der Waals surface area contributed by atoms with E-state index in [4.69, 9.17) is 4.74 Å². The topological polar surface area (TPSA) is 105 Å². The van der Waals surface area contributed by atoms with Crippen molar-refractivity contribution in [3.63, 3.8) is 0 Å². The molecule has 208 valence electrons. The highest BCUT2D eigenvalue weighted by Gasteiger charge is 2.37. The van der Waals surface area contributed by atoms with Gasteiger partial charge in [0.05, 0.1) is 11.2 Å². The molecule has 4 heterocycles. The second-order valence-electron chi connectivity index (χ2n) is 10.3. The Morgan fingerprint density at radius 3 is 2.55 bits per heavy atom. The molecule has 0 unspecified atom stereocenters. The Balaban J connectivity index is 1.19. The van der Waals surface area contributed by atoms with Gasteiger partial charge in [0.1, 0.15) is 6.10 Å². The minimum absolute atomic E-state index is 0.0620. The number of likely N-dealkylation sites (tertiary alicyclic amines) is 1. The Morgan fingerprint density at radius 2 is 1.75 bits per heavy atom. The molecule has 2 N–H and O–H groups in total. The van der Waals surface area contributed by atoms with Gasteiger partial charge in [0.15, 0.2) is 17.3 Å². The number of halogens is 2. The average Bonchev–Trinajstić information content (AvgIpc) is 3.23. The van der Waals surface area contributed by atoms with Gasteiger partial charge in [0.2, 0.25) is 0 Å². The van der Waals surface area contributed by atoms with Crippen LogP contribution in [0.25, 0.3) is 11.2 Å². The lowest BCUT2D eigenvalue weighted by Crippen LogP contribution is -2.41. The molecule has 4 aromatic rings. The number of carbonyl (C=O) groups is 1. The Morgan fingerprint density at radius 1 is 1.00 bits per heavy atom. The second kappa shape index (κ2) is 10.8. The average molecular weight is 549 g/mol. The summed E-state index contributed by atoms with van der Waals surface area (Å²) in [6, 6.07) is 11.2. The summed E-state index contributed by atoms with van der Waals surface area (Å²) >= 11 is 0. The van der Waals surface area contributed by atoms with Crippen LogP contribution in [0.15, 0.2) is 59.7 Å². The van der Waals surface area contributed by atoms with E-state index < -0.39 is 23.8 Å². The molecule has 6 rings (SSSR count). The maximum Gasteiger partial charge on any atom is 0.410 e. The lowest BCUT2D eigenvalue weighted by Gasteiger charge is -2.33. The zero-order valence-corrected chi connectivity index (χ0v) is 22.0. The molecule has 3 atom stereocenters. The van der Waals surface area contributed by atoms with Crippen LogP contribution in [0.2, 0.25) is 0 Å². The van der Waals surface area contributed by atoms with Crippen LogP contribution in [0.5, 0.6) is 0 Å². The van der Waals surface area contributed by atoms with Gasteiger partial charge >= 0.3 is 11.8 Å². The lowest BCUT2D eigenvalue weighted by atomic mass is 9.85. The number of amides is 1. The number of ether oxygens (including phenoxy) is 1. The normalized spacial score (nSPS) is 21.7. The summed E-state index contributed by atoms with van der Waals surface area (Å²) in [6.45, 7) is 0.863. The number of fused-ring (bicyclic) bond motifs is 2. The van der Waals surface area contributed by atoms with E-state index in [1.54, 1.807) is 47.1 Å². The fourth-order valence-electron chi connectivity index (χ4n) is 6.25. The van der Waals surface area contributed by atoms with Gasteiger partial charge in [0.25, 0.3) is 0 Å². The van der Waals surface area contributed by atoms with Crippen LogP contribution in [0.3, 0.4) is 0 Å². The van der Waals surface area contributed by atoms with Crippen LogP contribution in [-0.2, 0) is 4.74 Å². The van der Waals surface area contributed by atoms with Crippen LogP contribution in [0.4, 0.5) is 13.6 Å². The van der Waals surface area contributed by atoms with E-state index in [1.165, 1.54) is 6.07 Å².